The number of aliphatic carboxylic acids is 1. The Balaban J connectivity index is 0.00000441. The Morgan fingerprint density at radius 1 is 0.950 bits per heavy atom. The summed E-state index contributed by atoms with van der Waals surface area (Å²) in [4.78, 5) is 24.9. The summed E-state index contributed by atoms with van der Waals surface area (Å²) in [6, 6.07) is 16.5. The van der Waals surface area contributed by atoms with Crippen molar-refractivity contribution >= 4 is 24.3 Å². The van der Waals surface area contributed by atoms with Gasteiger partial charge in [-0.3, -0.25) is 14.5 Å². The van der Waals surface area contributed by atoms with Crippen LogP contribution in [-0.2, 0) is 32.1 Å². The number of ether oxygens (including phenoxy) is 2. The van der Waals surface area contributed by atoms with Crippen molar-refractivity contribution in [2.75, 3.05) is 19.7 Å². The minimum absolute atomic E-state index is 0. The minimum Gasteiger partial charge on any atom is -0.481 e. The lowest BCUT2D eigenvalue weighted by Gasteiger charge is -2.33. The van der Waals surface area contributed by atoms with E-state index in [9.17, 15) is 9.59 Å². The SMILES string of the molecule is Cl.NC(=O)Cc1ccccc1-c1ccc(CO[C@@H]2CC[C@H](N3CCCCCC3)[C@H]2OC/C=C\CCC(=O)O)cc1. The molecule has 0 radical (unpaired) electrons. The highest BCUT2D eigenvalue weighted by Gasteiger charge is 2.40. The van der Waals surface area contributed by atoms with Crippen molar-refractivity contribution in [2.24, 2.45) is 5.73 Å². The second kappa shape index (κ2) is 16.5. The molecule has 0 aromatic heterocycles. The Bertz CT molecular complexity index is 1100. The van der Waals surface area contributed by atoms with E-state index in [1.165, 1.54) is 25.7 Å². The number of rotatable bonds is 13. The maximum atomic E-state index is 11.5. The van der Waals surface area contributed by atoms with E-state index in [0.29, 0.717) is 25.7 Å². The molecule has 4 rings (SSSR count). The monoisotopic (exact) mass is 570 g/mol. The summed E-state index contributed by atoms with van der Waals surface area (Å²) in [5, 5.41) is 8.84. The van der Waals surface area contributed by atoms with Gasteiger partial charge in [-0.15, -0.1) is 12.4 Å². The number of nitrogens with zero attached hydrogens (tertiary/aromatic N) is 1. The number of benzene rings is 2. The number of allylic oxidation sites excluding steroid dienone is 1. The third-order valence-electron chi connectivity index (χ3n) is 7.79. The predicted molar refractivity (Wildman–Crippen MR) is 159 cm³/mol. The second-order valence-corrected chi connectivity index (χ2v) is 10.6. The van der Waals surface area contributed by atoms with E-state index in [1.54, 1.807) is 0 Å². The average molecular weight is 571 g/mol. The third-order valence-corrected chi connectivity index (χ3v) is 7.79. The highest BCUT2D eigenvalue weighted by atomic mass is 35.5. The van der Waals surface area contributed by atoms with E-state index in [1.807, 2.05) is 36.4 Å². The average Bonchev–Trinajstić information content (AvgIpc) is 3.12. The Kier molecular flexibility index (Phi) is 13.1. The van der Waals surface area contributed by atoms with Gasteiger partial charge in [-0.25, -0.2) is 0 Å². The van der Waals surface area contributed by atoms with Gasteiger partial charge in [-0.1, -0.05) is 73.5 Å². The predicted octanol–water partition coefficient (Wildman–Crippen LogP) is 5.53. The van der Waals surface area contributed by atoms with Crippen LogP contribution in [0.3, 0.4) is 0 Å². The fourth-order valence-electron chi connectivity index (χ4n) is 5.81. The number of primary amides is 1. The second-order valence-electron chi connectivity index (χ2n) is 10.6. The molecular weight excluding hydrogens is 528 g/mol. The summed E-state index contributed by atoms with van der Waals surface area (Å²) in [5.74, 6) is -1.12. The quantitative estimate of drug-likeness (QED) is 0.307. The summed E-state index contributed by atoms with van der Waals surface area (Å²) < 4.78 is 12.9. The van der Waals surface area contributed by atoms with Gasteiger partial charge in [-0.2, -0.15) is 0 Å². The fourth-order valence-corrected chi connectivity index (χ4v) is 5.81. The van der Waals surface area contributed by atoms with Crippen molar-refractivity contribution in [1.29, 1.82) is 0 Å². The van der Waals surface area contributed by atoms with Crippen molar-refractivity contribution in [3.8, 4) is 11.1 Å². The number of carbonyl (C=O) groups is 2. The molecule has 0 bridgehead atoms. The highest BCUT2D eigenvalue weighted by molar-refractivity contribution is 5.85. The standard InChI is InChI=1S/C32H42N2O5.ClH/c33-30(35)22-26-10-5-6-11-27(26)25-15-13-24(14-16-25)23-39-29-18-17-28(34-19-7-1-2-8-20-34)32(29)38-21-9-3-4-12-31(36)37;/h3,5-6,9-11,13-16,28-29,32H,1-2,4,7-8,12,17-23H2,(H2,33,35)(H,36,37);1H/b9-3-;/t28-,29+,32+;/m0./s1. The van der Waals surface area contributed by atoms with Crippen LogP contribution < -0.4 is 5.73 Å². The van der Waals surface area contributed by atoms with Gasteiger partial charge in [0.1, 0.15) is 0 Å². The van der Waals surface area contributed by atoms with Crippen LogP contribution in [0.1, 0.15) is 62.5 Å². The molecule has 1 heterocycles. The maximum Gasteiger partial charge on any atom is 0.303 e. The van der Waals surface area contributed by atoms with Gasteiger partial charge in [0, 0.05) is 12.5 Å². The highest BCUT2D eigenvalue weighted by Crippen LogP contribution is 2.32. The number of amides is 1. The molecule has 7 nitrogen and oxygen atoms in total. The summed E-state index contributed by atoms with van der Waals surface area (Å²) >= 11 is 0. The van der Waals surface area contributed by atoms with Crippen LogP contribution in [0.5, 0.6) is 0 Å². The third kappa shape index (κ3) is 9.44. The number of carboxylic acids is 1. The summed E-state index contributed by atoms with van der Waals surface area (Å²) in [7, 11) is 0. The molecular formula is C32H43ClN2O5. The molecule has 2 aliphatic rings. The number of likely N-dealkylation sites (tertiary alicyclic amines) is 1. The number of nitrogens with two attached hydrogens (primary N) is 1. The first-order valence-electron chi connectivity index (χ1n) is 14.3. The molecule has 3 N–H and O–H groups in total. The lowest BCUT2D eigenvalue weighted by atomic mass is 9.97. The molecule has 1 aliphatic heterocycles. The van der Waals surface area contributed by atoms with Gasteiger partial charge >= 0.3 is 5.97 Å². The van der Waals surface area contributed by atoms with Gasteiger partial charge in [0.15, 0.2) is 0 Å². The molecule has 1 aliphatic carbocycles. The van der Waals surface area contributed by atoms with Crippen molar-refractivity contribution in [2.45, 2.75) is 82.6 Å². The van der Waals surface area contributed by atoms with E-state index in [-0.39, 0.29) is 43.4 Å². The maximum absolute atomic E-state index is 11.5. The first-order valence-corrected chi connectivity index (χ1v) is 14.3. The molecule has 1 saturated heterocycles. The van der Waals surface area contributed by atoms with Crippen molar-refractivity contribution < 1.29 is 24.2 Å². The van der Waals surface area contributed by atoms with Gasteiger partial charge in [0.2, 0.25) is 5.91 Å². The zero-order valence-corrected chi connectivity index (χ0v) is 24.0. The van der Waals surface area contributed by atoms with E-state index >= 15 is 0 Å². The molecule has 218 valence electrons. The molecule has 3 atom stereocenters. The number of halogens is 1. The molecule has 40 heavy (non-hydrogen) atoms. The van der Waals surface area contributed by atoms with Gasteiger partial charge in [0.25, 0.3) is 0 Å². The Morgan fingerprint density at radius 3 is 2.38 bits per heavy atom. The van der Waals surface area contributed by atoms with Crippen LogP contribution in [0.15, 0.2) is 60.7 Å². The number of carbonyl (C=O) groups excluding carboxylic acids is 1. The Hall–Kier alpha value is -2.71. The van der Waals surface area contributed by atoms with Crippen LogP contribution in [0.4, 0.5) is 0 Å². The zero-order chi connectivity index (χ0) is 27.5. The number of carboxylic acid groups (broad SMARTS) is 1. The fraction of sp³-hybridized carbons (Fsp3) is 0.500. The summed E-state index contributed by atoms with van der Waals surface area (Å²) in [6.07, 6.45) is 11.8. The number of hydrogen-bond acceptors (Lipinski definition) is 5. The van der Waals surface area contributed by atoms with Gasteiger partial charge < -0.3 is 20.3 Å². The van der Waals surface area contributed by atoms with E-state index < -0.39 is 5.97 Å². The molecule has 0 unspecified atom stereocenters. The lowest BCUT2D eigenvalue weighted by Crippen LogP contribution is -2.45. The van der Waals surface area contributed by atoms with Crippen molar-refractivity contribution in [1.82, 2.24) is 4.90 Å². The zero-order valence-electron chi connectivity index (χ0n) is 23.2. The van der Waals surface area contributed by atoms with Gasteiger partial charge in [-0.05, 0) is 67.4 Å². The first kappa shape index (κ1) is 31.8. The summed E-state index contributed by atoms with van der Waals surface area (Å²) in [6.45, 7) is 3.21. The molecule has 2 fully saturated rings. The minimum atomic E-state index is -0.783. The van der Waals surface area contributed by atoms with Crippen molar-refractivity contribution in [3.05, 3.63) is 71.8 Å². The normalized spacial score (nSPS) is 21.6. The lowest BCUT2D eigenvalue weighted by molar-refractivity contribution is -0.136. The smallest absolute Gasteiger partial charge is 0.303 e. The number of hydrogen-bond donors (Lipinski definition) is 2. The van der Waals surface area contributed by atoms with Crippen LogP contribution in [0.25, 0.3) is 11.1 Å². The largest absolute Gasteiger partial charge is 0.481 e. The molecule has 8 heteroatoms. The van der Waals surface area contributed by atoms with E-state index in [2.05, 4.69) is 29.2 Å². The topological polar surface area (TPSA) is 102 Å². The molecule has 0 spiro atoms. The van der Waals surface area contributed by atoms with Crippen LogP contribution in [0, 0.1) is 0 Å². The summed E-state index contributed by atoms with van der Waals surface area (Å²) in [5.41, 5.74) is 9.53. The van der Waals surface area contributed by atoms with Gasteiger partial charge in [0.05, 0.1) is 31.8 Å². The van der Waals surface area contributed by atoms with Crippen LogP contribution in [-0.4, -0.2) is 59.8 Å². The molecule has 2 aromatic rings. The van der Waals surface area contributed by atoms with E-state index in [4.69, 9.17) is 20.3 Å². The molecule has 2 aromatic carbocycles. The molecule has 1 saturated carbocycles. The first-order chi connectivity index (χ1) is 19.0. The van der Waals surface area contributed by atoms with Crippen molar-refractivity contribution in [3.63, 3.8) is 0 Å². The van der Waals surface area contributed by atoms with E-state index in [0.717, 1.165) is 48.2 Å². The van der Waals surface area contributed by atoms with Crippen LogP contribution in [0.2, 0.25) is 0 Å². The van der Waals surface area contributed by atoms with Crippen LogP contribution >= 0.6 is 12.4 Å². The Morgan fingerprint density at radius 2 is 1.68 bits per heavy atom. The molecule has 1 amide bonds. The Labute approximate surface area is 244 Å².